The molecule has 104 valence electrons. The Hall–Kier alpha value is -1.31. The fraction of sp³-hybridized carbons (Fsp3) is 0.385. The van der Waals surface area contributed by atoms with Crippen molar-refractivity contribution in [3.63, 3.8) is 0 Å². The number of carboxylic acids is 1. The number of benzene rings is 1. The predicted molar refractivity (Wildman–Crippen MR) is 79.1 cm³/mol. The smallest absolute Gasteiger partial charge is 0.308 e. The Kier molecular flexibility index (Phi) is 5.59. The Labute approximate surface area is 125 Å². The Morgan fingerprint density at radius 1 is 1.37 bits per heavy atom. The number of phenolic OH excluding ortho intramolecular Hbond substituents is 1. The number of aromatic hydroxyl groups is 1. The summed E-state index contributed by atoms with van der Waals surface area (Å²) in [4.78, 5) is 22.8. The van der Waals surface area contributed by atoms with Gasteiger partial charge in [0.25, 0.3) is 5.91 Å². The van der Waals surface area contributed by atoms with E-state index in [1.807, 2.05) is 22.6 Å². The lowest BCUT2D eigenvalue weighted by atomic mass is 9.96. The van der Waals surface area contributed by atoms with Gasteiger partial charge in [0.15, 0.2) is 0 Å². The maximum atomic E-state index is 11.8. The summed E-state index contributed by atoms with van der Waals surface area (Å²) in [7, 11) is 0. The lowest BCUT2D eigenvalue weighted by molar-refractivity contribution is -0.142. The number of aliphatic carboxylic acids is 1. The normalized spacial score (nSPS) is 12.2. The van der Waals surface area contributed by atoms with Crippen LogP contribution in [-0.2, 0) is 4.79 Å². The number of amides is 1. The third kappa shape index (κ3) is 4.38. The molecule has 0 saturated heterocycles. The van der Waals surface area contributed by atoms with Crippen molar-refractivity contribution >= 4 is 34.5 Å². The number of carboxylic acid groups (broad SMARTS) is 1. The number of rotatable bonds is 5. The van der Waals surface area contributed by atoms with E-state index in [2.05, 4.69) is 5.32 Å². The van der Waals surface area contributed by atoms with E-state index >= 15 is 0 Å². The minimum absolute atomic E-state index is 0.0342. The Morgan fingerprint density at radius 2 is 2.00 bits per heavy atom. The molecule has 0 aliphatic heterocycles. The average molecular weight is 377 g/mol. The number of hydrogen-bond acceptors (Lipinski definition) is 3. The molecule has 0 aliphatic rings. The van der Waals surface area contributed by atoms with Crippen LogP contribution in [0.15, 0.2) is 18.2 Å². The van der Waals surface area contributed by atoms with Gasteiger partial charge < -0.3 is 15.5 Å². The van der Waals surface area contributed by atoms with Gasteiger partial charge in [-0.2, -0.15) is 0 Å². The van der Waals surface area contributed by atoms with Gasteiger partial charge >= 0.3 is 5.97 Å². The molecule has 1 aromatic rings. The molecule has 3 N–H and O–H groups in total. The van der Waals surface area contributed by atoms with E-state index in [1.165, 1.54) is 6.07 Å². The molecule has 0 radical (unpaired) electrons. The van der Waals surface area contributed by atoms with Gasteiger partial charge in [-0.15, -0.1) is 0 Å². The van der Waals surface area contributed by atoms with Crippen LogP contribution in [0.3, 0.4) is 0 Å². The molecule has 1 aromatic carbocycles. The topological polar surface area (TPSA) is 86.6 Å². The molecule has 0 saturated carbocycles. The minimum atomic E-state index is -0.930. The first kappa shape index (κ1) is 15.7. The van der Waals surface area contributed by atoms with Gasteiger partial charge in [-0.25, -0.2) is 0 Å². The van der Waals surface area contributed by atoms with Crippen LogP contribution >= 0.6 is 22.6 Å². The van der Waals surface area contributed by atoms with Gasteiger partial charge in [0, 0.05) is 12.1 Å². The number of halogens is 1. The average Bonchev–Trinajstić information content (AvgIpc) is 2.31. The highest BCUT2D eigenvalue weighted by atomic mass is 127. The highest BCUT2D eigenvalue weighted by molar-refractivity contribution is 14.1. The van der Waals surface area contributed by atoms with Crippen LogP contribution in [0.4, 0.5) is 0 Å². The largest absolute Gasteiger partial charge is 0.507 e. The molecule has 6 heteroatoms. The maximum Gasteiger partial charge on any atom is 0.308 e. The summed E-state index contributed by atoms with van der Waals surface area (Å²) in [5.41, 5.74) is 0.311. The summed E-state index contributed by atoms with van der Waals surface area (Å²) >= 11 is 1.95. The number of carbonyl (C=O) groups is 2. The fourth-order valence-electron chi connectivity index (χ4n) is 1.57. The second-order valence-corrected chi connectivity index (χ2v) is 5.73. The minimum Gasteiger partial charge on any atom is -0.507 e. The third-order valence-corrected chi connectivity index (χ3v) is 3.72. The zero-order valence-corrected chi connectivity index (χ0v) is 12.8. The van der Waals surface area contributed by atoms with Crippen LogP contribution < -0.4 is 5.32 Å². The predicted octanol–water partition coefficient (Wildman–Crippen LogP) is 2.08. The van der Waals surface area contributed by atoms with Gasteiger partial charge in [0.05, 0.1) is 9.49 Å². The number of carbonyl (C=O) groups excluding carboxylic acids is 1. The van der Waals surface area contributed by atoms with Crippen molar-refractivity contribution in [2.75, 3.05) is 6.54 Å². The summed E-state index contributed by atoms with van der Waals surface area (Å²) in [6, 6.07) is 4.58. The summed E-state index contributed by atoms with van der Waals surface area (Å²) in [5.74, 6) is -1.98. The summed E-state index contributed by atoms with van der Waals surface area (Å²) in [5, 5.41) is 21.1. The first-order valence-corrected chi connectivity index (χ1v) is 6.90. The van der Waals surface area contributed by atoms with Crippen LogP contribution in [0.2, 0.25) is 0 Å². The van der Waals surface area contributed by atoms with E-state index in [0.29, 0.717) is 9.13 Å². The standard InChI is InChI=1S/C13H16INO4/c1-7(2)9(13(18)19)6-15-12(17)8-3-4-10(14)11(16)5-8/h3-5,7,9,16H,6H2,1-2H3,(H,15,17)(H,18,19). The van der Waals surface area contributed by atoms with Crippen molar-refractivity contribution < 1.29 is 19.8 Å². The molecular formula is C13H16INO4. The van der Waals surface area contributed by atoms with Gasteiger partial charge in [-0.1, -0.05) is 13.8 Å². The Morgan fingerprint density at radius 3 is 2.47 bits per heavy atom. The second kappa shape index (κ2) is 6.74. The monoisotopic (exact) mass is 377 g/mol. The first-order chi connectivity index (χ1) is 8.82. The van der Waals surface area contributed by atoms with Crippen molar-refractivity contribution in [1.29, 1.82) is 0 Å². The summed E-state index contributed by atoms with van der Waals surface area (Å²) < 4.78 is 0.653. The first-order valence-electron chi connectivity index (χ1n) is 5.82. The molecule has 0 bridgehead atoms. The quantitative estimate of drug-likeness (QED) is 0.686. The zero-order chi connectivity index (χ0) is 14.6. The fourth-order valence-corrected chi connectivity index (χ4v) is 1.90. The van der Waals surface area contributed by atoms with Crippen molar-refractivity contribution in [3.8, 4) is 5.75 Å². The van der Waals surface area contributed by atoms with Crippen molar-refractivity contribution in [3.05, 3.63) is 27.3 Å². The third-order valence-electron chi connectivity index (χ3n) is 2.81. The Balaban J connectivity index is 2.69. The molecule has 5 nitrogen and oxygen atoms in total. The molecule has 0 aromatic heterocycles. The van der Waals surface area contributed by atoms with E-state index in [4.69, 9.17) is 5.11 Å². The Bertz CT molecular complexity index is 488. The number of phenols is 1. The molecule has 0 heterocycles. The second-order valence-electron chi connectivity index (χ2n) is 4.56. The van der Waals surface area contributed by atoms with Crippen molar-refractivity contribution in [1.82, 2.24) is 5.32 Å². The highest BCUT2D eigenvalue weighted by Crippen LogP contribution is 2.20. The molecule has 0 spiro atoms. The molecule has 1 rings (SSSR count). The summed E-state index contributed by atoms with van der Waals surface area (Å²) in [6.07, 6.45) is 0. The van der Waals surface area contributed by atoms with Crippen LogP contribution in [0.5, 0.6) is 5.75 Å². The van der Waals surface area contributed by atoms with Gasteiger partial charge in [0.2, 0.25) is 0 Å². The van der Waals surface area contributed by atoms with Gasteiger partial charge in [0.1, 0.15) is 5.75 Å². The molecule has 19 heavy (non-hydrogen) atoms. The van der Waals surface area contributed by atoms with Crippen LogP contribution in [0.25, 0.3) is 0 Å². The molecule has 1 unspecified atom stereocenters. The van der Waals surface area contributed by atoms with Crippen molar-refractivity contribution in [2.45, 2.75) is 13.8 Å². The zero-order valence-electron chi connectivity index (χ0n) is 10.7. The van der Waals surface area contributed by atoms with Crippen molar-refractivity contribution in [2.24, 2.45) is 11.8 Å². The lowest BCUT2D eigenvalue weighted by Gasteiger charge is -2.16. The molecule has 1 amide bonds. The van der Waals surface area contributed by atoms with E-state index < -0.39 is 17.8 Å². The highest BCUT2D eigenvalue weighted by Gasteiger charge is 2.22. The van der Waals surface area contributed by atoms with Crippen LogP contribution in [-0.4, -0.2) is 28.6 Å². The lowest BCUT2D eigenvalue weighted by Crippen LogP contribution is -2.35. The molecule has 0 fully saturated rings. The van der Waals surface area contributed by atoms with Crippen LogP contribution in [0.1, 0.15) is 24.2 Å². The van der Waals surface area contributed by atoms with E-state index in [0.717, 1.165) is 0 Å². The van der Waals surface area contributed by atoms with E-state index in [9.17, 15) is 14.7 Å². The molecule has 0 aliphatic carbocycles. The van der Waals surface area contributed by atoms with E-state index in [-0.39, 0.29) is 18.2 Å². The number of nitrogens with one attached hydrogen (secondary N) is 1. The van der Waals surface area contributed by atoms with Gasteiger partial charge in [-0.3, -0.25) is 9.59 Å². The van der Waals surface area contributed by atoms with Gasteiger partial charge in [-0.05, 0) is 46.7 Å². The molecule has 1 atom stereocenters. The van der Waals surface area contributed by atoms with E-state index in [1.54, 1.807) is 26.0 Å². The molecular weight excluding hydrogens is 361 g/mol. The number of hydrogen-bond donors (Lipinski definition) is 3. The van der Waals surface area contributed by atoms with Crippen LogP contribution in [0, 0.1) is 15.4 Å². The maximum absolute atomic E-state index is 11.8. The summed E-state index contributed by atoms with van der Waals surface area (Å²) in [6.45, 7) is 3.65. The SMILES string of the molecule is CC(C)C(CNC(=O)c1ccc(I)c(O)c1)C(=O)O.